The van der Waals surface area contributed by atoms with Crippen LogP contribution in [0.25, 0.3) is 0 Å². The Morgan fingerprint density at radius 2 is 1.80 bits per heavy atom. The summed E-state index contributed by atoms with van der Waals surface area (Å²) in [5.41, 5.74) is 7.00. The molecule has 5 heteroatoms. The smallest absolute Gasteiger partial charge is 0.148 e. The minimum atomic E-state index is -0.334. The second-order valence-electron chi connectivity index (χ2n) is 4.35. The normalized spacial score (nSPS) is 12.9. The molecule has 0 aliphatic carbocycles. The number of hydrogen-bond donors (Lipinski definition) is 3. The molecule has 0 fully saturated rings. The van der Waals surface area contributed by atoms with Crippen molar-refractivity contribution in [1.82, 2.24) is 0 Å². The Bertz CT molecular complexity index is 587. The molecular weight excluding hydrogens is 257 g/mol. The third-order valence-corrected chi connectivity index (χ3v) is 3.04. The van der Waals surface area contributed by atoms with Gasteiger partial charge in [0.1, 0.15) is 11.7 Å². The lowest BCUT2D eigenvalue weighted by Gasteiger charge is -2.17. The Morgan fingerprint density at radius 1 is 1.15 bits per heavy atom. The van der Waals surface area contributed by atoms with Gasteiger partial charge >= 0.3 is 0 Å². The molecule has 0 spiro atoms. The molecule has 2 aromatic rings. The van der Waals surface area contributed by atoms with Gasteiger partial charge in [0.2, 0.25) is 0 Å². The molecule has 0 aromatic heterocycles. The van der Waals surface area contributed by atoms with E-state index in [0.717, 1.165) is 5.56 Å². The van der Waals surface area contributed by atoms with E-state index in [9.17, 15) is 4.39 Å². The van der Waals surface area contributed by atoms with Gasteiger partial charge in [-0.1, -0.05) is 47.6 Å². The summed E-state index contributed by atoms with van der Waals surface area (Å²) in [6.45, 7) is 0.334. The molecule has 0 heterocycles. The minimum absolute atomic E-state index is 0.0834. The van der Waals surface area contributed by atoms with Gasteiger partial charge in [0.15, 0.2) is 0 Å². The van der Waals surface area contributed by atoms with Crippen LogP contribution in [0.1, 0.15) is 11.5 Å². The van der Waals surface area contributed by atoms with Crippen LogP contribution in [0.2, 0.25) is 0 Å². The molecule has 1 atom stereocenters. The summed E-state index contributed by atoms with van der Waals surface area (Å²) in [7, 11) is 0. The number of nitrogens with zero attached hydrogens (tertiary/aromatic N) is 1. The monoisotopic (exact) mass is 273 g/mol. The molecule has 0 aliphatic rings. The van der Waals surface area contributed by atoms with E-state index < -0.39 is 0 Å². The zero-order valence-corrected chi connectivity index (χ0v) is 10.8. The average Bonchev–Trinajstić information content (AvgIpc) is 2.50. The van der Waals surface area contributed by atoms with Gasteiger partial charge in [-0.3, -0.25) is 0 Å². The molecule has 4 nitrogen and oxygen atoms in total. The van der Waals surface area contributed by atoms with Crippen molar-refractivity contribution >= 4 is 11.5 Å². The first-order valence-corrected chi connectivity index (χ1v) is 6.23. The van der Waals surface area contributed by atoms with E-state index in [0.29, 0.717) is 12.2 Å². The fraction of sp³-hybridized carbons (Fsp3) is 0.133. The van der Waals surface area contributed by atoms with E-state index in [2.05, 4.69) is 10.5 Å². The van der Waals surface area contributed by atoms with Crippen LogP contribution in [0.5, 0.6) is 0 Å². The molecule has 2 aromatic carbocycles. The van der Waals surface area contributed by atoms with E-state index in [1.807, 2.05) is 30.3 Å². The summed E-state index contributed by atoms with van der Waals surface area (Å²) in [6.07, 6.45) is 0. The lowest BCUT2D eigenvalue weighted by atomic mass is 9.98. The van der Waals surface area contributed by atoms with Crippen LogP contribution in [0, 0.1) is 5.82 Å². The Morgan fingerprint density at radius 3 is 2.45 bits per heavy atom. The maximum absolute atomic E-state index is 13.6. The molecule has 20 heavy (non-hydrogen) atoms. The first kappa shape index (κ1) is 13.9. The molecule has 0 saturated heterocycles. The summed E-state index contributed by atoms with van der Waals surface area (Å²) < 4.78 is 13.6. The first-order chi connectivity index (χ1) is 9.72. The van der Waals surface area contributed by atoms with E-state index in [1.165, 1.54) is 6.07 Å². The molecule has 0 aliphatic heterocycles. The van der Waals surface area contributed by atoms with Crippen molar-refractivity contribution in [3.63, 3.8) is 0 Å². The highest BCUT2D eigenvalue weighted by Crippen LogP contribution is 2.19. The number of hydrogen-bond acceptors (Lipinski definition) is 3. The number of rotatable bonds is 5. The van der Waals surface area contributed by atoms with Gasteiger partial charge in [0.05, 0.1) is 11.6 Å². The molecule has 0 amide bonds. The van der Waals surface area contributed by atoms with Crippen LogP contribution in [-0.2, 0) is 0 Å². The molecule has 2 rings (SSSR count). The molecular formula is C15H16FN3O. The van der Waals surface area contributed by atoms with Gasteiger partial charge in [0.25, 0.3) is 0 Å². The predicted molar refractivity (Wildman–Crippen MR) is 77.5 cm³/mol. The highest BCUT2D eigenvalue weighted by Gasteiger charge is 2.16. The van der Waals surface area contributed by atoms with Crippen LogP contribution in [0.15, 0.2) is 59.8 Å². The number of para-hydroxylation sites is 1. The molecule has 4 N–H and O–H groups in total. The third kappa shape index (κ3) is 3.26. The second kappa shape index (κ2) is 6.56. The first-order valence-electron chi connectivity index (χ1n) is 6.23. The van der Waals surface area contributed by atoms with Gasteiger partial charge in [0, 0.05) is 6.54 Å². The number of nitrogens with two attached hydrogens (primary N) is 1. The quantitative estimate of drug-likeness (QED) is 0.339. The molecule has 0 saturated carbocycles. The van der Waals surface area contributed by atoms with Crippen LogP contribution in [-0.4, -0.2) is 17.6 Å². The standard InChI is InChI=1S/C15H16FN3O/c16-13-8-4-5-9-14(13)18-10-12(15(17)19-20)11-6-2-1-3-7-11/h1-9,12,18,20H,10H2,(H2,17,19). The minimum Gasteiger partial charge on any atom is -0.409 e. The number of anilines is 1. The van der Waals surface area contributed by atoms with E-state index >= 15 is 0 Å². The van der Waals surface area contributed by atoms with E-state index in [-0.39, 0.29) is 17.6 Å². The van der Waals surface area contributed by atoms with Crippen LogP contribution in [0.3, 0.4) is 0 Å². The van der Waals surface area contributed by atoms with Gasteiger partial charge in [-0.05, 0) is 17.7 Å². The van der Waals surface area contributed by atoms with E-state index in [4.69, 9.17) is 10.9 Å². The SMILES string of the molecule is NC(=NO)C(CNc1ccccc1F)c1ccccc1. The molecule has 0 bridgehead atoms. The van der Waals surface area contributed by atoms with E-state index in [1.54, 1.807) is 18.2 Å². The molecule has 0 radical (unpaired) electrons. The van der Waals surface area contributed by atoms with Crippen LogP contribution in [0.4, 0.5) is 10.1 Å². The average molecular weight is 273 g/mol. The zero-order chi connectivity index (χ0) is 14.4. The maximum atomic E-state index is 13.6. The Kier molecular flexibility index (Phi) is 4.55. The van der Waals surface area contributed by atoms with Crippen LogP contribution < -0.4 is 11.1 Å². The van der Waals surface area contributed by atoms with Crippen molar-refractivity contribution in [2.24, 2.45) is 10.9 Å². The Hall–Kier alpha value is -2.56. The number of nitrogens with one attached hydrogen (secondary N) is 1. The fourth-order valence-electron chi connectivity index (χ4n) is 1.96. The molecule has 104 valence electrons. The second-order valence-corrected chi connectivity index (χ2v) is 4.35. The zero-order valence-electron chi connectivity index (χ0n) is 10.8. The molecule has 1 unspecified atom stereocenters. The van der Waals surface area contributed by atoms with Gasteiger partial charge in [-0.15, -0.1) is 0 Å². The largest absolute Gasteiger partial charge is 0.409 e. The van der Waals surface area contributed by atoms with Crippen molar-refractivity contribution in [2.45, 2.75) is 5.92 Å². The van der Waals surface area contributed by atoms with Gasteiger partial charge in [-0.25, -0.2) is 4.39 Å². The number of amidine groups is 1. The summed E-state index contributed by atoms with van der Waals surface area (Å²) in [4.78, 5) is 0. The summed E-state index contributed by atoms with van der Waals surface area (Å²) in [6, 6.07) is 15.8. The number of halogens is 1. The summed E-state index contributed by atoms with van der Waals surface area (Å²) >= 11 is 0. The number of oxime groups is 1. The fourth-order valence-corrected chi connectivity index (χ4v) is 1.96. The Balaban J connectivity index is 2.16. The van der Waals surface area contributed by atoms with Crippen molar-refractivity contribution in [3.05, 3.63) is 66.0 Å². The third-order valence-electron chi connectivity index (χ3n) is 3.04. The summed E-state index contributed by atoms with van der Waals surface area (Å²) in [5.74, 6) is -0.584. The van der Waals surface area contributed by atoms with Crippen molar-refractivity contribution < 1.29 is 9.60 Å². The number of benzene rings is 2. The van der Waals surface area contributed by atoms with Crippen molar-refractivity contribution in [2.75, 3.05) is 11.9 Å². The van der Waals surface area contributed by atoms with Crippen molar-refractivity contribution in [3.8, 4) is 0 Å². The topological polar surface area (TPSA) is 70.6 Å². The summed E-state index contributed by atoms with van der Waals surface area (Å²) in [5, 5.41) is 14.9. The highest BCUT2D eigenvalue weighted by atomic mass is 19.1. The lowest BCUT2D eigenvalue weighted by molar-refractivity contribution is 0.316. The van der Waals surface area contributed by atoms with Crippen molar-refractivity contribution in [1.29, 1.82) is 0 Å². The lowest BCUT2D eigenvalue weighted by Crippen LogP contribution is -2.28. The highest BCUT2D eigenvalue weighted by molar-refractivity contribution is 5.87. The van der Waals surface area contributed by atoms with Crippen LogP contribution >= 0.6 is 0 Å². The Labute approximate surface area is 116 Å². The van der Waals surface area contributed by atoms with Gasteiger partial charge in [-0.2, -0.15) is 0 Å². The predicted octanol–water partition coefficient (Wildman–Crippen LogP) is 2.77. The van der Waals surface area contributed by atoms with Gasteiger partial charge < -0.3 is 16.3 Å². The maximum Gasteiger partial charge on any atom is 0.148 e.